The van der Waals surface area contributed by atoms with Crippen LogP contribution in [0.2, 0.25) is 5.02 Å². The first-order valence-electron chi connectivity index (χ1n) is 5.20. The van der Waals surface area contributed by atoms with Crippen LogP contribution in [0.5, 0.6) is 0 Å². The van der Waals surface area contributed by atoms with Crippen LogP contribution in [0, 0.1) is 0 Å². The van der Waals surface area contributed by atoms with E-state index in [1.807, 2.05) is 0 Å². The molecule has 0 fully saturated rings. The molecule has 0 heterocycles. The highest BCUT2D eigenvalue weighted by Gasteiger charge is 2.18. The average Bonchev–Trinajstić information content (AvgIpc) is 2.27. The van der Waals surface area contributed by atoms with E-state index in [0.29, 0.717) is 5.02 Å². The molecule has 0 aliphatic rings. The van der Waals surface area contributed by atoms with Crippen LogP contribution >= 0.6 is 11.6 Å². The lowest BCUT2D eigenvalue weighted by Gasteiger charge is -2.14. The van der Waals surface area contributed by atoms with Crippen LogP contribution in [0.15, 0.2) is 24.3 Å². The number of nitrogens with one attached hydrogen (secondary N) is 1. The first-order chi connectivity index (χ1) is 8.02. The number of carboxylic acids is 1. The number of halogens is 1. The molecule has 0 saturated carbocycles. The summed E-state index contributed by atoms with van der Waals surface area (Å²) >= 11 is 5.85. The third-order valence-electron chi connectivity index (χ3n) is 2.45. The second-order valence-electron chi connectivity index (χ2n) is 3.73. The fraction of sp³-hybridized carbons (Fsp3) is 0.333. The number of carbonyl (C=O) groups is 2. The molecule has 0 spiro atoms. The molecule has 1 aromatic rings. The minimum absolute atomic E-state index is 0.0895. The molecule has 17 heavy (non-hydrogen) atoms. The normalized spacial score (nSPS) is 11.9. The fourth-order valence-corrected chi connectivity index (χ4v) is 1.80. The van der Waals surface area contributed by atoms with E-state index in [1.54, 1.807) is 24.3 Å². The lowest BCUT2D eigenvalue weighted by molar-refractivity contribution is -0.137. The Kier molecular flexibility index (Phi) is 4.97. The Bertz CT molecular complexity index is 420. The van der Waals surface area contributed by atoms with Crippen LogP contribution in [0.4, 0.5) is 0 Å². The molecule has 0 saturated heterocycles. The average molecular weight is 256 g/mol. The van der Waals surface area contributed by atoms with Gasteiger partial charge in [-0.25, -0.2) is 0 Å². The largest absolute Gasteiger partial charge is 0.481 e. The summed E-state index contributed by atoms with van der Waals surface area (Å²) in [5.41, 5.74) is 0.767. The summed E-state index contributed by atoms with van der Waals surface area (Å²) < 4.78 is 0. The van der Waals surface area contributed by atoms with Crippen molar-refractivity contribution in [1.82, 2.24) is 5.32 Å². The molecule has 0 bridgehead atoms. The molecule has 0 aromatic heterocycles. The first-order valence-corrected chi connectivity index (χ1v) is 5.58. The van der Waals surface area contributed by atoms with Crippen molar-refractivity contribution in [3.63, 3.8) is 0 Å². The Morgan fingerprint density at radius 1 is 1.41 bits per heavy atom. The van der Waals surface area contributed by atoms with Gasteiger partial charge in [0.05, 0.1) is 6.42 Å². The van der Waals surface area contributed by atoms with Gasteiger partial charge in [-0.1, -0.05) is 23.7 Å². The fourth-order valence-electron chi connectivity index (χ4n) is 1.61. The van der Waals surface area contributed by atoms with Crippen LogP contribution < -0.4 is 5.32 Å². The summed E-state index contributed by atoms with van der Waals surface area (Å²) in [6, 6.07) is 6.93. The predicted octanol–water partition coefficient (Wildman–Crippen LogP) is 2.03. The SMILES string of the molecule is CNC(=O)CC(CC(=O)O)c1cccc(Cl)c1. The van der Waals surface area contributed by atoms with Crippen molar-refractivity contribution in [2.75, 3.05) is 7.05 Å². The molecule has 5 heteroatoms. The molecule has 4 nitrogen and oxygen atoms in total. The summed E-state index contributed by atoms with van der Waals surface area (Å²) in [5, 5.41) is 11.9. The van der Waals surface area contributed by atoms with E-state index in [2.05, 4.69) is 5.32 Å². The second kappa shape index (κ2) is 6.25. The Morgan fingerprint density at radius 2 is 2.12 bits per heavy atom. The van der Waals surface area contributed by atoms with Crippen LogP contribution in [0.3, 0.4) is 0 Å². The quantitative estimate of drug-likeness (QED) is 0.846. The molecule has 0 aliphatic carbocycles. The zero-order valence-corrected chi connectivity index (χ0v) is 10.2. The standard InChI is InChI=1S/C12H14ClNO3/c1-14-11(15)6-9(7-12(16)17)8-3-2-4-10(13)5-8/h2-5,9H,6-7H2,1H3,(H,14,15)(H,16,17). The van der Waals surface area contributed by atoms with Gasteiger partial charge in [-0.2, -0.15) is 0 Å². The van der Waals surface area contributed by atoms with Gasteiger partial charge in [0, 0.05) is 24.4 Å². The predicted molar refractivity (Wildman–Crippen MR) is 65.1 cm³/mol. The number of carbonyl (C=O) groups excluding carboxylic acids is 1. The molecule has 1 atom stereocenters. The number of benzene rings is 1. The molecule has 1 unspecified atom stereocenters. The monoisotopic (exact) mass is 255 g/mol. The molecule has 2 N–H and O–H groups in total. The van der Waals surface area contributed by atoms with Crippen molar-refractivity contribution in [2.24, 2.45) is 0 Å². The van der Waals surface area contributed by atoms with Crippen molar-refractivity contribution < 1.29 is 14.7 Å². The summed E-state index contributed by atoms with van der Waals surface area (Å²) in [6.07, 6.45) is 0.0525. The Morgan fingerprint density at radius 3 is 2.65 bits per heavy atom. The third kappa shape index (κ3) is 4.44. The second-order valence-corrected chi connectivity index (χ2v) is 4.16. The van der Waals surface area contributed by atoms with E-state index < -0.39 is 5.97 Å². The number of carboxylic acid groups (broad SMARTS) is 1. The Hall–Kier alpha value is -1.55. The zero-order valence-electron chi connectivity index (χ0n) is 9.44. The zero-order chi connectivity index (χ0) is 12.8. The molecule has 0 aliphatic heterocycles. The first kappa shape index (κ1) is 13.5. The van der Waals surface area contributed by atoms with Crippen molar-refractivity contribution in [3.05, 3.63) is 34.9 Å². The van der Waals surface area contributed by atoms with Gasteiger partial charge < -0.3 is 10.4 Å². The van der Waals surface area contributed by atoms with E-state index in [0.717, 1.165) is 5.56 Å². The minimum Gasteiger partial charge on any atom is -0.481 e. The number of amides is 1. The van der Waals surface area contributed by atoms with Crippen LogP contribution in [-0.2, 0) is 9.59 Å². The highest BCUT2D eigenvalue weighted by atomic mass is 35.5. The van der Waals surface area contributed by atoms with Crippen LogP contribution in [-0.4, -0.2) is 24.0 Å². The summed E-state index contributed by atoms with van der Waals surface area (Å²) in [4.78, 5) is 22.1. The van der Waals surface area contributed by atoms with E-state index in [-0.39, 0.29) is 24.7 Å². The lowest BCUT2D eigenvalue weighted by Crippen LogP contribution is -2.21. The smallest absolute Gasteiger partial charge is 0.303 e. The molecule has 1 aromatic carbocycles. The van der Waals surface area contributed by atoms with Gasteiger partial charge in [0.15, 0.2) is 0 Å². The van der Waals surface area contributed by atoms with Gasteiger partial charge in [0.2, 0.25) is 5.91 Å². The summed E-state index contributed by atoms with van der Waals surface area (Å²) in [7, 11) is 1.53. The molecule has 0 radical (unpaired) electrons. The van der Waals surface area contributed by atoms with Crippen LogP contribution in [0.25, 0.3) is 0 Å². The van der Waals surface area contributed by atoms with Gasteiger partial charge in [-0.3, -0.25) is 9.59 Å². The highest BCUT2D eigenvalue weighted by molar-refractivity contribution is 6.30. The summed E-state index contributed by atoms with van der Waals surface area (Å²) in [6.45, 7) is 0. The molecular weight excluding hydrogens is 242 g/mol. The lowest BCUT2D eigenvalue weighted by atomic mass is 9.92. The minimum atomic E-state index is -0.932. The van der Waals surface area contributed by atoms with E-state index in [9.17, 15) is 9.59 Å². The maximum absolute atomic E-state index is 11.3. The molecule has 1 rings (SSSR count). The van der Waals surface area contributed by atoms with Crippen molar-refractivity contribution in [2.45, 2.75) is 18.8 Å². The van der Waals surface area contributed by atoms with Gasteiger partial charge in [-0.15, -0.1) is 0 Å². The van der Waals surface area contributed by atoms with Gasteiger partial charge >= 0.3 is 5.97 Å². The third-order valence-corrected chi connectivity index (χ3v) is 2.69. The Balaban J connectivity index is 2.89. The van der Waals surface area contributed by atoms with Gasteiger partial charge in [-0.05, 0) is 17.7 Å². The van der Waals surface area contributed by atoms with Crippen molar-refractivity contribution >= 4 is 23.5 Å². The van der Waals surface area contributed by atoms with E-state index >= 15 is 0 Å². The van der Waals surface area contributed by atoms with E-state index in [4.69, 9.17) is 16.7 Å². The number of hydrogen-bond acceptors (Lipinski definition) is 2. The number of aliphatic carboxylic acids is 1. The Labute approximate surface area is 105 Å². The molecule has 1 amide bonds. The van der Waals surface area contributed by atoms with Crippen molar-refractivity contribution in [3.8, 4) is 0 Å². The number of hydrogen-bond donors (Lipinski definition) is 2. The van der Waals surface area contributed by atoms with Gasteiger partial charge in [0.1, 0.15) is 0 Å². The number of rotatable bonds is 5. The van der Waals surface area contributed by atoms with Crippen molar-refractivity contribution in [1.29, 1.82) is 0 Å². The molecule has 92 valence electrons. The molecular formula is C12H14ClNO3. The maximum Gasteiger partial charge on any atom is 0.303 e. The summed E-state index contributed by atoms with van der Waals surface area (Å²) in [5.74, 6) is -1.47. The maximum atomic E-state index is 11.3. The highest BCUT2D eigenvalue weighted by Crippen LogP contribution is 2.25. The topological polar surface area (TPSA) is 66.4 Å². The van der Waals surface area contributed by atoms with Crippen LogP contribution in [0.1, 0.15) is 24.3 Å². The van der Waals surface area contributed by atoms with E-state index in [1.165, 1.54) is 7.05 Å². The van der Waals surface area contributed by atoms with Gasteiger partial charge in [0.25, 0.3) is 0 Å².